The normalized spacial score (nSPS) is 10.2. The predicted molar refractivity (Wildman–Crippen MR) is 75.1 cm³/mol. The van der Waals surface area contributed by atoms with E-state index in [1.54, 1.807) is 24.3 Å². The molecule has 4 nitrogen and oxygen atoms in total. The number of carbonyl (C=O) groups is 1. The van der Waals surface area contributed by atoms with Gasteiger partial charge in [-0.3, -0.25) is 4.98 Å². The molecule has 0 atom stereocenters. The summed E-state index contributed by atoms with van der Waals surface area (Å²) in [5.74, 6) is -0.830. The number of esters is 1. The maximum atomic E-state index is 13.8. The van der Waals surface area contributed by atoms with Gasteiger partial charge in [0.2, 0.25) is 0 Å². The van der Waals surface area contributed by atoms with Crippen molar-refractivity contribution in [3.8, 4) is 11.1 Å². The number of nitrogens with zero attached hydrogens (tertiary/aromatic N) is 1. The summed E-state index contributed by atoms with van der Waals surface area (Å²) in [6, 6.07) is 6.57. The summed E-state index contributed by atoms with van der Waals surface area (Å²) in [5, 5.41) is 3.13. The van der Waals surface area contributed by atoms with Crippen LogP contribution in [-0.2, 0) is 4.74 Å². The van der Waals surface area contributed by atoms with Crippen molar-refractivity contribution < 1.29 is 13.9 Å². The molecule has 2 aromatic rings. The molecule has 2 rings (SSSR count). The van der Waals surface area contributed by atoms with Crippen molar-refractivity contribution in [3.63, 3.8) is 0 Å². The molecule has 0 fully saturated rings. The third-order valence-electron chi connectivity index (χ3n) is 2.87. The topological polar surface area (TPSA) is 51.2 Å². The average molecular weight is 274 g/mol. The minimum atomic E-state index is -0.425. The summed E-state index contributed by atoms with van der Waals surface area (Å²) in [5.41, 5.74) is 2.22. The molecule has 0 radical (unpaired) electrons. The first-order chi connectivity index (χ1) is 9.67. The lowest BCUT2D eigenvalue weighted by Crippen LogP contribution is -2.05. The number of halogens is 1. The first kappa shape index (κ1) is 14.0. The zero-order valence-electron chi connectivity index (χ0n) is 11.3. The van der Waals surface area contributed by atoms with Gasteiger partial charge in [-0.1, -0.05) is 6.07 Å². The molecule has 0 aliphatic carbocycles. The average Bonchev–Trinajstić information content (AvgIpc) is 2.47. The molecular formula is C15H15FN2O2. The molecule has 0 spiro atoms. The van der Waals surface area contributed by atoms with Crippen molar-refractivity contribution in [1.82, 2.24) is 4.98 Å². The molecule has 104 valence electrons. The number of hydrogen-bond donors (Lipinski definition) is 1. The van der Waals surface area contributed by atoms with E-state index in [9.17, 15) is 9.18 Å². The van der Waals surface area contributed by atoms with Gasteiger partial charge in [-0.05, 0) is 25.1 Å². The zero-order chi connectivity index (χ0) is 14.5. The predicted octanol–water partition coefficient (Wildman–Crippen LogP) is 3.11. The maximum Gasteiger partial charge on any atom is 0.337 e. The van der Waals surface area contributed by atoms with Crippen molar-refractivity contribution in [2.75, 3.05) is 19.0 Å². The summed E-state index contributed by atoms with van der Waals surface area (Å²) < 4.78 is 18.5. The van der Waals surface area contributed by atoms with Gasteiger partial charge in [0.05, 0.1) is 18.9 Å². The van der Waals surface area contributed by atoms with Crippen molar-refractivity contribution in [2.24, 2.45) is 0 Å². The van der Waals surface area contributed by atoms with Crippen LogP contribution in [0.1, 0.15) is 17.3 Å². The van der Waals surface area contributed by atoms with Gasteiger partial charge in [-0.25, -0.2) is 9.18 Å². The highest BCUT2D eigenvalue weighted by molar-refractivity contribution is 5.93. The summed E-state index contributed by atoms with van der Waals surface area (Å²) in [4.78, 5) is 15.3. The molecule has 1 heterocycles. The molecule has 1 N–H and O–H groups in total. The monoisotopic (exact) mass is 274 g/mol. The molecule has 5 heteroatoms. The van der Waals surface area contributed by atoms with E-state index in [-0.39, 0.29) is 0 Å². The Bertz CT molecular complexity index is 629. The molecule has 0 unspecified atom stereocenters. The van der Waals surface area contributed by atoms with Gasteiger partial charge in [0.25, 0.3) is 0 Å². The molecule has 1 aromatic carbocycles. The number of methoxy groups -OCH3 is 1. The number of aromatic nitrogens is 1. The van der Waals surface area contributed by atoms with Crippen LogP contribution in [0.2, 0.25) is 0 Å². The number of rotatable bonds is 4. The Morgan fingerprint density at radius 1 is 1.35 bits per heavy atom. The summed E-state index contributed by atoms with van der Waals surface area (Å²) in [6.07, 6.45) is 2.70. The fourth-order valence-corrected chi connectivity index (χ4v) is 1.95. The first-order valence-electron chi connectivity index (χ1n) is 6.23. The van der Waals surface area contributed by atoms with Crippen LogP contribution < -0.4 is 5.32 Å². The van der Waals surface area contributed by atoms with Gasteiger partial charge < -0.3 is 10.1 Å². The molecule has 0 bridgehead atoms. The van der Waals surface area contributed by atoms with Crippen molar-refractivity contribution in [1.29, 1.82) is 0 Å². The quantitative estimate of drug-likeness (QED) is 0.870. The Morgan fingerprint density at radius 2 is 2.15 bits per heavy atom. The standard InChI is InChI=1S/C15H15FN2O2/c1-3-18-14-8-10(15(19)20-2)4-5-12(14)11-6-7-17-9-13(11)16/h4-9,18H,3H2,1-2H3. The second-order valence-electron chi connectivity index (χ2n) is 4.14. The molecule has 0 amide bonds. The lowest BCUT2D eigenvalue weighted by Gasteiger charge is -2.13. The Labute approximate surface area is 116 Å². The van der Waals surface area contributed by atoms with E-state index >= 15 is 0 Å². The van der Waals surface area contributed by atoms with E-state index in [4.69, 9.17) is 0 Å². The lowest BCUT2D eigenvalue weighted by molar-refractivity contribution is 0.0601. The second kappa shape index (κ2) is 6.14. The van der Waals surface area contributed by atoms with Crippen LogP contribution in [0.3, 0.4) is 0 Å². The number of benzene rings is 1. The first-order valence-corrected chi connectivity index (χ1v) is 6.23. The molecule has 0 saturated heterocycles. The summed E-state index contributed by atoms with van der Waals surface area (Å²) >= 11 is 0. The van der Waals surface area contributed by atoms with Gasteiger partial charge in [0.1, 0.15) is 5.82 Å². The highest BCUT2D eigenvalue weighted by atomic mass is 19.1. The molecular weight excluding hydrogens is 259 g/mol. The largest absolute Gasteiger partial charge is 0.465 e. The van der Waals surface area contributed by atoms with Crippen LogP contribution in [0, 0.1) is 5.82 Å². The van der Waals surface area contributed by atoms with E-state index in [2.05, 4.69) is 15.0 Å². The second-order valence-corrected chi connectivity index (χ2v) is 4.14. The van der Waals surface area contributed by atoms with Crippen LogP contribution in [0.4, 0.5) is 10.1 Å². The third-order valence-corrected chi connectivity index (χ3v) is 2.87. The fraction of sp³-hybridized carbons (Fsp3) is 0.200. The Hall–Kier alpha value is -2.43. The lowest BCUT2D eigenvalue weighted by atomic mass is 10.0. The number of hydrogen-bond acceptors (Lipinski definition) is 4. The Balaban J connectivity index is 2.53. The van der Waals surface area contributed by atoms with Gasteiger partial charge in [-0.2, -0.15) is 0 Å². The van der Waals surface area contributed by atoms with Crippen molar-refractivity contribution in [3.05, 3.63) is 48.0 Å². The maximum absolute atomic E-state index is 13.8. The number of anilines is 1. The highest BCUT2D eigenvalue weighted by Gasteiger charge is 2.13. The fourth-order valence-electron chi connectivity index (χ4n) is 1.95. The van der Waals surface area contributed by atoms with E-state index in [0.717, 1.165) is 0 Å². The van der Waals surface area contributed by atoms with E-state index in [0.29, 0.717) is 28.9 Å². The van der Waals surface area contributed by atoms with Crippen molar-refractivity contribution in [2.45, 2.75) is 6.92 Å². The van der Waals surface area contributed by atoms with Gasteiger partial charge in [0.15, 0.2) is 0 Å². The van der Waals surface area contributed by atoms with Crippen LogP contribution in [-0.4, -0.2) is 24.6 Å². The van der Waals surface area contributed by atoms with Gasteiger partial charge in [0, 0.05) is 29.6 Å². The minimum absolute atomic E-state index is 0.405. The van der Waals surface area contributed by atoms with Crippen LogP contribution in [0.25, 0.3) is 11.1 Å². The van der Waals surface area contributed by atoms with Gasteiger partial charge >= 0.3 is 5.97 Å². The van der Waals surface area contributed by atoms with E-state index < -0.39 is 11.8 Å². The van der Waals surface area contributed by atoms with Gasteiger partial charge in [-0.15, -0.1) is 0 Å². The number of pyridine rings is 1. The van der Waals surface area contributed by atoms with Crippen LogP contribution in [0.5, 0.6) is 0 Å². The van der Waals surface area contributed by atoms with Crippen molar-refractivity contribution >= 4 is 11.7 Å². The molecule has 0 aliphatic heterocycles. The Morgan fingerprint density at radius 3 is 2.80 bits per heavy atom. The van der Waals surface area contributed by atoms with E-state index in [1.807, 2.05) is 6.92 Å². The smallest absolute Gasteiger partial charge is 0.337 e. The zero-order valence-corrected chi connectivity index (χ0v) is 11.3. The SMILES string of the molecule is CCNc1cc(C(=O)OC)ccc1-c1ccncc1F. The molecule has 1 aromatic heterocycles. The minimum Gasteiger partial charge on any atom is -0.465 e. The van der Waals surface area contributed by atoms with Crippen LogP contribution >= 0.6 is 0 Å². The molecule has 0 saturated carbocycles. The number of carbonyl (C=O) groups excluding carboxylic acids is 1. The highest BCUT2D eigenvalue weighted by Crippen LogP contribution is 2.30. The summed E-state index contributed by atoms with van der Waals surface area (Å²) in [6.45, 7) is 2.59. The third kappa shape index (κ3) is 2.77. The summed E-state index contributed by atoms with van der Waals surface area (Å²) in [7, 11) is 1.33. The molecule has 0 aliphatic rings. The van der Waals surface area contributed by atoms with E-state index in [1.165, 1.54) is 19.5 Å². The Kier molecular flexibility index (Phi) is 4.30. The number of nitrogens with one attached hydrogen (secondary N) is 1. The molecule has 20 heavy (non-hydrogen) atoms. The van der Waals surface area contributed by atoms with Crippen LogP contribution in [0.15, 0.2) is 36.7 Å². The number of ether oxygens (including phenoxy) is 1.